The number of hydrogen-bond acceptors (Lipinski definition) is 4. The normalized spacial score (nSPS) is 12.7. The van der Waals surface area contributed by atoms with Gasteiger partial charge >= 0.3 is 0 Å². The van der Waals surface area contributed by atoms with Gasteiger partial charge in [-0.15, -0.1) is 0 Å². The fraction of sp³-hybridized carbons (Fsp3) is 0.231. The fourth-order valence-corrected chi connectivity index (χ4v) is 4.44. The van der Waals surface area contributed by atoms with Crippen molar-refractivity contribution in [3.05, 3.63) is 90.4 Å². The van der Waals surface area contributed by atoms with Crippen molar-refractivity contribution in [1.82, 2.24) is 14.3 Å². The minimum atomic E-state index is -3.28. The molecule has 0 bridgehead atoms. The molecule has 34 heavy (non-hydrogen) atoms. The van der Waals surface area contributed by atoms with Gasteiger partial charge in [0.1, 0.15) is 5.69 Å². The molecule has 0 aliphatic rings. The molecule has 0 fully saturated rings. The summed E-state index contributed by atoms with van der Waals surface area (Å²) in [5.41, 5.74) is 4.15. The minimum absolute atomic E-state index is 0.0502. The number of pyridine rings is 1. The summed E-state index contributed by atoms with van der Waals surface area (Å²) in [4.78, 5) is 16.5. The molecule has 2 aromatic heterocycles. The van der Waals surface area contributed by atoms with Crippen LogP contribution in [0.4, 0.5) is 5.69 Å². The topological polar surface area (TPSA) is 93.1 Å². The number of amides is 1. The highest BCUT2D eigenvalue weighted by molar-refractivity contribution is 7.90. The van der Waals surface area contributed by atoms with E-state index in [0.29, 0.717) is 17.9 Å². The van der Waals surface area contributed by atoms with E-state index < -0.39 is 15.3 Å². The molecule has 4 aromatic rings. The zero-order chi connectivity index (χ0) is 24.3. The van der Waals surface area contributed by atoms with Gasteiger partial charge in [0, 0.05) is 35.7 Å². The molecule has 8 heteroatoms. The van der Waals surface area contributed by atoms with Crippen LogP contribution in [0.1, 0.15) is 42.7 Å². The maximum Gasteiger partial charge on any atom is 0.274 e. The Morgan fingerprint density at radius 2 is 1.76 bits per heavy atom. The van der Waals surface area contributed by atoms with Crippen molar-refractivity contribution < 1.29 is 13.2 Å². The Hall–Kier alpha value is -3.49. The minimum Gasteiger partial charge on any atom is -0.321 e. The second-order valence-corrected chi connectivity index (χ2v) is 10.9. The van der Waals surface area contributed by atoms with Gasteiger partial charge in [-0.2, -0.15) is 0 Å². The molecular weight excluding hydrogens is 448 g/mol. The van der Waals surface area contributed by atoms with Crippen molar-refractivity contribution >= 4 is 32.5 Å². The Balaban J connectivity index is 1.48. The zero-order valence-corrected chi connectivity index (χ0v) is 20.2. The second kappa shape index (κ2) is 9.79. The molecule has 0 saturated heterocycles. The molecule has 2 heterocycles. The summed E-state index contributed by atoms with van der Waals surface area (Å²) in [7, 11) is -3.28. The van der Waals surface area contributed by atoms with E-state index in [2.05, 4.69) is 19.6 Å². The average Bonchev–Trinajstić information content (AvgIpc) is 3.26. The van der Waals surface area contributed by atoms with Crippen LogP contribution >= 0.6 is 0 Å². The van der Waals surface area contributed by atoms with Gasteiger partial charge in [-0.3, -0.25) is 9.78 Å². The number of sulfonamides is 1. The smallest absolute Gasteiger partial charge is 0.274 e. The lowest BCUT2D eigenvalue weighted by atomic mass is 10.0. The number of carbonyl (C=O) groups is 1. The van der Waals surface area contributed by atoms with Gasteiger partial charge in [0.25, 0.3) is 5.91 Å². The Kier molecular flexibility index (Phi) is 6.81. The molecule has 1 amide bonds. The van der Waals surface area contributed by atoms with Crippen molar-refractivity contribution in [2.24, 2.45) is 0 Å². The second-order valence-electron chi connectivity index (χ2n) is 8.56. The maximum atomic E-state index is 12.4. The van der Waals surface area contributed by atoms with Gasteiger partial charge in [-0.05, 0) is 73.9 Å². The number of aromatic nitrogens is 2. The molecule has 0 unspecified atom stereocenters. The molecule has 7 nitrogen and oxygen atoms in total. The van der Waals surface area contributed by atoms with Crippen LogP contribution in [0.5, 0.6) is 0 Å². The number of nitrogens with zero attached hydrogens (tertiary/aromatic N) is 2. The van der Waals surface area contributed by atoms with Crippen LogP contribution in [0.25, 0.3) is 16.6 Å². The number of anilines is 1. The van der Waals surface area contributed by atoms with Gasteiger partial charge in [-0.1, -0.05) is 25.1 Å². The lowest BCUT2D eigenvalue weighted by Gasteiger charge is -2.16. The standard InChI is InChI=1S/C26H28N4O3S/c1-18(2)34(32,33)28-17-19(3)20-7-10-23(11-8-20)30-15-13-21-16-22(9-12-25(21)30)29-26(31)24-6-4-5-14-27-24/h4-16,18-19,28H,17H2,1-3H3,(H,29,31)/t19-/m0/s1. The summed E-state index contributed by atoms with van der Waals surface area (Å²) in [6.07, 6.45) is 3.58. The van der Waals surface area contributed by atoms with E-state index in [1.165, 1.54) is 0 Å². The monoisotopic (exact) mass is 476 g/mol. The van der Waals surface area contributed by atoms with Crippen LogP contribution < -0.4 is 10.0 Å². The Labute approximate surface area is 199 Å². The molecule has 2 aromatic carbocycles. The van der Waals surface area contributed by atoms with Gasteiger partial charge in [0.15, 0.2) is 0 Å². The zero-order valence-electron chi connectivity index (χ0n) is 19.4. The first-order valence-electron chi connectivity index (χ1n) is 11.2. The summed E-state index contributed by atoms with van der Waals surface area (Å²) in [6, 6.07) is 21.1. The van der Waals surface area contributed by atoms with E-state index in [1.807, 2.05) is 61.7 Å². The highest BCUT2D eigenvalue weighted by Crippen LogP contribution is 2.25. The van der Waals surface area contributed by atoms with E-state index in [-0.39, 0.29) is 11.8 Å². The third-order valence-corrected chi connectivity index (χ3v) is 7.61. The molecular formula is C26H28N4O3S. The maximum absolute atomic E-state index is 12.4. The van der Waals surface area contributed by atoms with Gasteiger partial charge in [-0.25, -0.2) is 13.1 Å². The first kappa shape index (κ1) is 23.7. The molecule has 2 N–H and O–H groups in total. The molecule has 1 atom stereocenters. The number of fused-ring (bicyclic) bond motifs is 1. The van der Waals surface area contributed by atoms with Crippen molar-refractivity contribution in [1.29, 1.82) is 0 Å². The van der Waals surface area contributed by atoms with E-state index in [1.54, 1.807) is 38.2 Å². The van der Waals surface area contributed by atoms with Crippen molar-refractivity contribution in [3.63, 3.8) is 0 Å². The molecule has 0 saturated carbocycles. The summed E-state index contributed by atoms with van der Waals surface area (Å²) >= 11 is 0. The number of nitrogens with one attached hydrogen (secondary N) is 2. The quantitative estimate of drug-likeness (QED) is 0.385. The first-order chi connectivity index (χ1) is 16.2. The predicted molar refractivity (Wildman–Crippen MR) is 136 cm³/mol. The van der Waals surface area contributed by atoms with Gasteiger partial charge < -0.3 is 9.88 Å². The van der Waals surface area contributed by atoms with Crippen molar-refractivity contribution in [2.45, 2.75) is 31.9 Å². The van der Waals surface area contributed by atoms with Crippen LogP contribution in [-0.4, -0.2) is 35.7 Å². The largest absolute Gasteiger partial charge is 0.321 e. The van der Waals surface area contributed by atoms with Gasteiger partial charge in [0.05, 0.1) is 10.8 Å². The SMILES string of the molecule is CC(C)S(=O)(=O)NC[C@H](C)c1ccc(-n2ccc3cc(NC(=O)c4ccccn4)ccc32)cc1. The fourth-order valence-electron chi connectivity index (χ4n) is 3.63. The van der Waals surface area contributed by atoms with E-state index in [4.69, 9.17) is 0 Å². The van der Waals surface area contributed by atoms with E-state index in [9.17, 15) is 13.2 Å². The number of rotatable bonds is 8. The molecule has 0 spiro atoms. The first-order valence-corrected chi connectivity index (χ1v) is 12.7. The third-order valence-electron chi connectivity index (χ3n) is 5.80. The predicted octanol–water partition coefficient (Wildman–Crippen LogP) is 4.71. The summed E-state index contributed by atoms with van der Waals surface area (Å²) < 4.78 is 28.8. The van der Waals surface area contributed by atoms with E-state index in [0.717, 1.165) is 22.2 Å². The van der Waals surface area contributed by atoms with Crippen LogP contribution in [0.2, 0.25) is 0 Å². The molecule has 0 aliphatic heterocycles. The van der Waals surface area contributed by atoms with Crippen LogP contribution in [-0.2, 0) is 10.0 Å². The molecule has 0 aliphatic carbocycles. The highest BCUT2D eigenvalue weighted by Gasteiger charge is 2.17. The highest BCUT2D eigenvalue weighted by atomic mass is 32.2. The molecule has 0 radical (unpaired) electrons. The molecule has 176 valence electrons. The average molecular weight is 477 g/mol. The van der Waals surface area contributed by atoms with Crippen LogP contribution in [0.3, 0.4) is 0 Å². The number of carbonyl (C=O) groups excluding carboxylic acids is 1. The summed E-state index contributed by atoms with van der Waals surface area (Å²) in [5.74, 6) is -0.200. The lowest BCUT2D eigenvalue weighted by molar-refractivity contribution is 0.102. The third kappa shape index (κ3) is 5.18. The summed E-state index contributed by atoms with van der Waals surface area (Å²) in [5, 5.41) is 3.44. The Morgan fingerprint density at radius 3 is 2.44 bits per heavy atom. The van der Waals surface area contributed by atoms with E-state index >= 15 is 0 Å². The van der Waals surface area contributed by atoms with Crippen molar-refractivity contribution in [3.8, 4) is 5.69 Å². The summed E-state index contributed by atoms with van der Waals surface area (Å²) in [6.45, 7) is 5.70. The molecule has 4 rings (SSSR count). The van der Waals surface area contributed by atoms with Crippen LogP contribution in [0.15, 0.2) is 79.1 Å². The lowest BCUT2D eigenvalue weighted by Crippen LogP contribution is -2.33. The van der Waals surface area contributed by atoms with Gasteiger partial charge in [0.2, 0.25) is 10.0 Å². The Bertz CT molecular complexity index is 1400. The number of hydrogen-bond donors (Lipinski definition) is 2. The Morgan fingerprint density at radius 1 is 1.00 bits per heavy atom. The van der Waals surface area contributed by atoms with Crippen LogP contribution in [0, 0.1) is 0 Å². The number of benzene rings is 2. The van der Waals surface area contributed by atoms with Crippen molar-refractivity contribution in [2.75, 3.05) is 11.9 Å².